The summed E-state index contributed by atoms with van der Waals surface area (Å²) in [4.78, 5) is 2.45. The van der Waals surface area contributed by atoms with Gasteiger partial charge in [0.15, 0.2) is 0 Å². The number of piperazine rings is 1. The van der Waals surface area contributed by atoms with E-state index in [0.29, 0.717) is 6.04 Å². The monoisotopic (exact) mass is 312 g/mol. The summed E-state index contributed by atoms with van der Waals surface area (Å²) in [6.45, 7) is 2.91. The molecule has 1 aliphatic rings. The first kappa shape index (κ1) is 13.6. The number of rotatable bonds is 2. The minimum absolute atomic E-state index is 0.315. The summed E-state index contributed by atoms with van der Waals surface area (Å²) in [5, 5.41) is 12.5. The van der Waals surface area contributed by atoms with Gasteiger partial charge >= 0.3 is 0 Å². The second kappa shape index (κ2) is 5.63. The zero-order valence-corrected chi connectivity index (χ0v) is 12.8. The Balaban J connectivity index is 1.71. The molecule has 0 aliphatic carbocycles. The van der Waals surface area contributed by atoms with E-state index < -0.39 is 0 Å². The molecule has 1 saturated heterocycles. The van der Waals surface area contributed by atoms with Gasteiger partial charge in [-0.05, 0) is 35.9 Å². The van der Waals surface area contributed by atoms with Gasteiger partial charge in [0.2, 0.25) is 0 Å². The number of nitrogens with one attached hydrogen (secondary N) is 2. The highest BCUT2D eigenvalue weighted by Crippen LogP contribution is 2.30. The number of fused-ring (bicyclic) bond motifs is 1. The summed E-state index contributed by atoms with van der Waals surface area (Å²) in [6.07, 6.45) is 1.87. The summed E-state index contributed by atoms with van der Waals surface area (Å²) >= 11 is 6.02. The van der Waals surface area contributed by atoms with Crippen LogP contribution in [0.5, 0.6) is 0 Å². The van der Waals surface area contributed by atoms with Crippen molar-refractivity contribution in [3.8, 4) is 0 Å². The van der Waals surface area contributed by atoms with Crippen LogP contribution in [0.1, 0.15) is 11.6 Å². The molecule has 4 nitrogen and oxygen atoms in total. The first-order valence-electron chi connectivity index (χ1n) is 7.47. The van der Waals surface area contributed by atoms with Gasteiger partial charge in [0.05, 0.1) is 17.8 Å². The third-order valence-corrected chi connectivity index (χ3v) is 4.51. The summed E-state index contributed by atoms with van der Waals surface area (Å²) in [5.41, 5.74) is 3.58. The molecule has 2 aromatic carbocycles. The minimum Gasteiger partial charge on any atom is -0.362 e. The number of anilines is 1. The maximum absolute atomic E-state index is 6.02. The van der Waals surface area contributed by atoms with Crippen LogP contribution in [0.3, 0.4) is 0 Å². The van der Waals surface area contributed by atoms with Gasteiger partial charge in [-0.2, -0.15) is 5.10 Å². The molecule has 2 heterocycles. The van der Waals surface area contributed by atoms with E-state index in [2.05, 4.69) is 50.7 Å². The maximum atomic E-state index is 6.02. The van der Waals surface area contributed by atoms with Crippen molar-refractivity contribution in [1.29, 1.82) is 0 Å². The Kier molecular flexibility index (Phi) is 3.48. The molecule has 1 atom stereocenters. The van der Waals surface area contributed by atoms with Crippen molar-refractivity contribution in [3.05, 3.63) is 59.2 Å². The Hall–Kier alpha value is -2.04. The molecule has 1 aromatic heterocycles. The molecule has 0 spiro atoms. The lowest BCUT2D eigenvalue weighted by molar-refractivity contribution is 0.490. The topological polar surface area (TPSA) is 44.0 Å². The van der Waals surface area contributed by atoms with Crippen LogP contribution in [0.2, 0.25) is 5.02 Å². The van der Waals surface area contributed by atoms with Crippen molar-refractivity contribution in [1.82, 2.24) is 15.5 Å². The van der Waals surface area contributed by atoms with Crippen LogP contribution < -0.4 is 10.2 Å². The van der Waals surface area contributed by atoms with Gasteiger partial charge < -0.3 is 10.2 Å². The van der Waals surface area contributed by atoms with E-state index in [4.69, 9.17) is 11.6 Å². The van der Waals surface area contributed by atoms with Crippen molar-refractivity contribution < 1.29 is 0 Å². The van der Waals surface area contributed by atoms with Gasteiger partial charge in [0.1, 0.15) is 0 Å². The van der Waals surface area contributed by atoms with Crippen LogP contribution in [0.4, 0.5) is 5.69 Å². The number of hydrogen-bond donors (Lipinski definition) is 2. The summed E-state index contributed by atoms with van der Waals surface area (Å²) in [6, 6.07) is 14.9. The molecular formula is C17H17ClN4. The fourth-order valence-corrected chi connectivity index (χ4v) is 3.23. The van der Waals surface area contributed by atoms with E-state index >= 15 is 0 Å². The third-order valence-electron chi connectivity index (χ3n) is 4.25. The van der Waals surface area contributed by atoms with Gasteiger partial charge in [-0.25, -0.2) is 0 Å². The second-order valence-electron chi connectivity index (χ2n) is 5.61. The molecule has 0 amide bonds. The van der Waals surface area contributed by atoms with Crippen LogP contribution in [-0.2, 0) is 0 Å². The molecule has 0 radical (unpaired) electrons. The third kappa shape index (κ3) is 2.45. The average Bonchev–Trinajstić information content (AvgIpc) is 3.03. The van der Waals surface area contributed by atoms with Crippen LogP contribution in [0.15, 0.2) is 48.7 Å². The Morgan fingerprint density at radius 2 is 2.00 bits per heavy atom. The number of halogens is 1. The van der Waals surface area contributed by atoms with Gasteiger partial charge in [-0.15, -0.1) is 0 Å². The molecule has 3 aromatic rings. The first-order valence-corrected chi connectivity index (χ1v) is 7.85. The number of aromatic amines is 1. The molecule has 1 unspecified atom stereocenters. The van der Waals surface area contributed by atoms with Gasteiger partial charge in [0, 0.05) is 35.7 Å². The molecule has 0 bridgehead atoms. The first-order chi connectivity index (χ1) is 10.8. The molecule has 112 valence electrons. The Morgan fingerprint density at radius 1 is 1.14 bits per heavy atom. The molecule has 5 heteroatoms. The van der Waals surface area contributed by atoms with Crippen LogP contribution in [0.25, 0.3) is 10.9 Å². The number of benzene rings is 2. The van der Waals surface area contributed by atoms with Gasteiger partial charge in [-0.1, -0.05) is 23.7 Å². The number of H-pyrrole nitrogens is 1. The lowest BCUT2D eigenvalue weighted by Gasteiger charge is -2.38. The highest BCUT2D eigenvalue weighted by atomic mass is 35.5. The van der Waals surface area contributed by atoms with Crippen LogP contribution in [0, 0.1) is 0 Å². The van der Waals surface area contributed by atoms with E-state index in [1.54, 1.807) is 0 Å². The molecule has 22 heavy (non-hydrogen) atoms. The molecule has 4 rings (SSSR count). The normalized spacial score (nSPS) is 18.8. The molecule has 2 N–H and O–H groups in total. The molecular weight excluding hydrogens is 296 g/mol. The number of nitrogens with zero attached hydrogens (tertiary/aromatic N) is 2. The maximum Gasteiger partial charge on any atom is 0.0667 e. The van der Waals surface area contributed by atoms with E-state index in [-0.39, 0.29) is 0 Å². The van der Waals surface area contributed by atoms with E-state index in [0.717, 1.165) is 35.6 Å². The van der Waals surface area contributed by atoms with Crippen LogP contribution in [-0.4, -0.2) is 29.8 Å². The standard InChI is InChI=1S/C17H17ClN4/c18-14-3-1-12(2-4-14)17-11-19-7-8-22(17)15-5-6-16-13(9-15)10-20-21-16/h1-6,9-10,17,19H,7-8,11H2,(H,20,21). The Morgan fingerprint density at radius 3 is 2.86 bits per heavy atom. The number of aromatic nitrogens is 2. The molecule has 1 fully saturated rings. The van der Waals surface area contributed by atoms with Crippen molar-refractivity contribution in [2.45, 2.75) is 6.04 Å². The summed E-state index contributed by atoms with van der Waals surface area (Å²) in [7, 11) is 0. The van der Waals surface area contributed by atoms with Crippen molar-refractivity contribution in [2.24, 2.45) is 0 Å². The van der Waals surface area contributed by atoms with Crippen molar-refractivity contribution >= 4 is 28.2 Å². The largest absolute Gasteiger partial charge is 0.362 e. The van der Waals surface area contributed by atoms with Gasteiger partial charge in [-0.3, -0.25) is 5.10 Å². The quantitative estimate of drug-likeness (QED) is 0.762. The fourth-order valence-electron chi connectivity index (χ4n) is 3.10. The van der Waals surface area contributed by atoms with Crippen molar-refractivity contribution in [2.75, 3.05) is 24.5 Å². The van der Waals surface area contributed by atoms with E-state index in [1.807, 2.05) is 18.3 Å². The predicted octanol–water partition coefficient (Wildman–Crippen LogP) is 3.37. The highest BCUT2D eigenvalue weighted by Gasteiger charge is 2.24. The number of hydrogen-bond acceptors (Lipinski definition) is 3. The smallest absolute Gasteiger partial charge is 0.0667 e. The average molecular weight is 313 g/mol. The zero-order valence-electron chi connectivity index (χ0n) is 12.1. The van der Waals surface area contributed by atoms with E-state index in [1.165, 1.54) is 11.3 Å². The molecule has 1 aliphatic heterocycles. The minimum atomic E-state index is 0.315. The Bertz CT molecular complexity index is 781. The molecule has 0 saturated carbocycles. The Labute approximate surface area is 134 Å². The highest BCUT2D eigenvalue weighted by molar-refractivity contribution is 6.30. The van der Waals surface area contributed by atoms with Crippen molar-refractivity contribution in [3.63, 3.8) is 0 Å². The zero-order chi connectivity index (χ0) is 14.9. The second-order valence-corrected chi connectivity index (χ2v) is 6.04. The van der Waals surface area contributed by atoms with Crippen LogP contribution >= 0.6 is 11.6 Å². The summed E-state index contributed by atoms with van der Waals surface area (Å²) in [5.74, 6) is 0. The fraction of sp³-hybridized carbons (Fsp3) is 0.235. The van der Waals surface area contributed by atoms with E-state index in [9.17, 15) is 0 Å². The lowest BCUT2D eigenvalue weighted by atomic mass is 10.0. The van der Waals surface area contributed by atoms with Gasteiger partial charge in [0.25, 0.3) is 0 Å². The predicted molar refractivity (Wildman–Crippen MR) is 90.5 cm³/mol. The lowest BCUT2D eigenvalue weighted by Crippen LogP contribution is -2.46. The SMILES string of the molecule is Clc1ccc(C2CNCCN2c2ccc3[nH]ncc3c2)cc1. The summed E-state index contributed by atoms with van der Waals surface area (Å²) < 4.78 is 0.